The van der Waals surface area contributed by atoms with E-state index in [0.29, 0.717) is 17.5 Å². The highest BCUT2D eigenvalue weighted by molar-refractivity contribution is 5.50. The molecule has 0 atom stereocenters. The van der Waals surface area contributed by atoms with Gasteiger partial charge in [-0.25, -0.2) is 14.5 Å². The van der Waals surface area contributed by atoms with Gasteiger partial charge in [-0.1, -0.05) is 13.8 Å². The molecule has 0 aliphatic carbocycles. The maximum absolute atomic E-state index is 7.10. The lowest BCUT2D eigenvalue weighted by Gasteiger charge is -2.01. The lowest BCUT2D eigenvalue weighted by atomic mass is 10.1. The molecule has 0 amide bonds. The minimum absolute atomic E-state index is 0.182. The first-order chi connectivity index (χ1) is 8.11. The first-order valence-corrected chi connectivity index (χ1v) is 5.17. The van der Waals surface area contributed by atoms with Crippen LogP contribution in [-0.2, 0) is 0 Å². The first kappa shape index (κ1) is 11.1. The molecule has 0 fully saturated rings. The summed E-state index contributed by atoms with van der Waals surface area (Å²) < 4.78 is 1.49. The molecule has 6 heteroatoms. The van der Waals surface area contributed by atoms with Gasteiger partial charge < -0.3 is 5.73 Å². The van der Waals surface area contributed by atoms with Crippen LogP contribution in [0.25, 0.3) is 10.8 Å². The molecule has 0 radical (unpaired) electrons. The topological polar surface area (TPSA) is 74.0 Å². The van der Waals surface area contributed by atoms with Gasteiger partial charge in [-0.05, 0) is 12.0 Å². The lowest BCUT2D eigenvalue weighted by Crippen LogP contribution is -2.04. The molecule has 86 valence electrons. The summed E-state index contributed by atoms with van der Waals surface area (Å²) in [6.07, 6.45) is 3.18. The van der Waals surface area contributed by atoms with Gasteiger partial charge in [0.1, 0.15) is 5.82 Å². The quantitative estimate of drug-likeness (QED) is 0.797. The van der Waals surface area contributed by atoms with Crippen LogP contribution < -0.4 is 5.73 Å². The number of hydrogen-bond acceptors (Lipinski definition) is 4. The Labute approximate surface area is 98.9 Å². The molecular weight excluding hydrogens is 216 g/mol. The summed E-state index contributed by atoms with van der Waals surface area (Å²) >= 11 is 0. The van der Waals surface area contributed by atoms with Gasteiger partial charge in [0.05, 0.1) is 12.3 Å². The van der Waals surface area contributed by atoms with E-state index < -0.39 is 0 Å². The van der Waals surface area contributed by atoms with Crippen molar-refractivity contribution >= 4 is 11.5 Å². The number of rotatable bonds is 2. The average molecular weight is 228 g/mol. The molecule has 0 aliphatic heterocycles. The molecule has 2 aromatic heterocycles. The molecule has 0 aromatic carbocycles. The first-order valence-electron chi connectivity index (χ1n) is 5.17. The fraction of sp³-hybridized carbons (Fsp3) is 0.273. The second-order valence-corrected chi connectivity index (χ2v) is 3.89. The van der Waals surface area contributed by atoms with Gasteiger partial charge in [0, 0.05) is 12.4 Å². The van der Waals surface area contributed by atoms with Crippen molar-refractivity contribution in [1.82, 2.24) is 19.7 Å². The summed E-state index contributed by atoms with van der Waals surface area (Å²) in [4.78, 5) is 11.6. The fourth-order valence-corrected chi connectivity index (χ4v) is 1.45. The summed E-state index contributed by atoms with van der Waals surface area (Å²) in [5, 5.41) is 4.31. The number of nitrogens with two attached hydrogens (primary N) is 1. The molecule has 0 unspecified atom stereocenters. The molecular formula is C11H12N6. The van der Waals surface area contributed by atoms with E-state index in [-0.39, 0.29) is 5.92 Å². The second-order valence-electron chi connectivity index (χ2n) is 3.89. The Hall–Kier alpha value is -2.42. The maximum Gasteiger partial charge on any atom is 0.251 e. The molecule has 0 aliphatic rings. The van der Waals surface area contributed by atoms with E-state index in [4.69, 9.17) is 12.3 Å². The van der Waals surface area contributed by atoms with Crippen molar-refractivity contribution in [2.75, 3.05) is 5.73 Å². The van der Waals surface area contributed by atoms with Gasteiger partial charge in [0.15, 0.2) is 0 Å². The van der Waals surface area contributed by atoms with Crippen LogP contribution >= 0.6 is 0 Å². The Morgan fingerprint density at radius 3 is 2.76 bits per heavy atom. The number of anilines is 1. The zero-order chi connectivity index (χ0) is 12.4. The van der Waals surface area contributed by atoms with Crippen molar-refractivity contribution in [3.05, 3.63) is 35.6 Å². The Bertz CT molecular complexity index is 578. The zero-order valence-electron chi connectivity index (χ0n) is 9.62. The second kappa shape index (κ2) is 4.22. The number of nitrogens with zero attached hydrogens (tertiary/aromatic N) is 5. The van der Waals surface area contributed by atoms with E-state index in [1.54, 1.807) is 18.5 Å². The molecule has 2 rings (SSSR count). The smallest absolute Gasteiger partial charge is 0.251 e. The largest absolute Gasteiger partial charge is 0.384 e. The Balaban J connectivity index is 2.51. The number of aromatic nitrogens is 4. The minimum atomic E-state index is 0.182. The zero-order valence-corrected chi connectivity index (χ0v) is 9.62. The van der Waals surface area contributed by atoms with Gasteiger partial charge in [-0.3, -0.25) is 0 Å². The van der Waals surface area contributed by atoms with Crippen LogP contribution in [0.3, 0.4) is 0 Å². The molecule has 6 nitrogen and oxygen atoms in total. The van der Waals surface area contributed by atoms with Crippen molar-refractivity contribution < 1.29 is 0 Å². The summed E-state index contributed by atoms with van der Waals surface area (Å²) in [5.74, 6) is 0.934. The van der Waals surface area contributed by atoms with Crippen LogP contribution in [0, 0.1) is 6.57 Å². The predicted octanol–water partition coefficient (Wildman–Crippen LogP) is 1.92. The van der Waals surface area contributed by atoms with Crippen LogP contribution in [0.4, 0.5) is 11.5 Å². The van der Waals surface area contributed by atoms with Gasteiger partial charge >= 0.3 is 0 Å². The Morgan fingerprint density at radius 2 is 2.24 bits per heavy atom. The van der Waals surface area contributed by atoms with E-state index in [9.17, 15) is 0 Å². The molecule has 2 heterocycles. The van der Waals surface area contributed by atoms with Gasteiger partial charge in [0.25, 0.3) is 5.95 Å². The summed E-state index contributed by atoms with van der Waals surface area (Å²) in [7, 11) is 0. The normalized spacial score (nSPS) is 10.5. The fourth-order valence-electron chi connectivity index (χ4n) is 1.45. The van der Waals surface area contributed by atoms with Crippen molar-refractivity contribution in [2.24, 2.45) is 0 Å². The van der Waals surface area contributed by atoms with E-state index >= 15 is 0 Å². The molecule has 0 saturated heterocycles. The highest BCUT2D eigenvalue weighted by atomic mass is 15.4. The Kier molecular flexibility index (Phi) is 2.75. The van der Waals surface area contributed by atoms with Crippen LogP contribution in [0.1, 0.15) is 25.5 Å². The van der Waals surface area contributed by atoms with Crippen LogP contribution in [0.5, 0.6) is 0 Å². The van der Waals surface area contributed by atoms with Crippen LogP contribution in [0.2, 0.25) is 0 Å². The highest BCUT2D eigenvalue weighted by Crippen LogP contribution is 2.25. The van der Waals surface area contributed by atoms with E-state index in [0.717, 1.165) is 5.69 Å². The molecule has 0 saturated carbocycles. The minimum Gasteiger partial charge on any atom is -0.384 e. The van der Waals surface area contributed by atoms with Crippen molar-refractivity contribution in [3.8, 4) is 5.95 Å². The third kappa shape index (κ3) is 2.08. The SMILES string of the molecule is [C-]#[N+]c1cn(-c2nccc(N)n2)nc1C(C)C. The molecule has 0 spiro atoms. The lowest BCUT2D eigenvalue weighted by molar-refractivity contribution is 0.744. The Morgan fingerprint density at radius 1 is 1.47 bits per heavy atom. The van der Waals surface area contributed by atoms with E-state index in [1.807, 2.05) is 13.8 Å². The molecule has 0 bridgehead atoms. The molecule has 17 heavy (non-hydrogen) atoms. The highest BCUT2D eigenvalue weighted by Gasteiger charge is 2.14. The monoisotopic (exact) mass is 228 g/mol. The summed E-state index contributed by atoms with van der Waals surface area (Å²) in [5.41, 5.74) is 6.84. The average Bonchev–Trinajstić information content (AvgIpc) is 2.73. The predicted molar refractivity (Wildman–Crippen MR) is 63.9 cm³/mol. The number of nitrogen functional groups attached to an aromatic ring is 1. The third-order valence-corrected chi connectivity index (χ3v) is 2.26. The van der Waals surface area contributed by atoms with Crippen molar-refractivity contribution in [1.29, 1.82) is 0 Å². The molecule has 2 N–H and O–H groups in total. The molecule has 2 aromatic rings. The maximum atomic E-state index is 7.10. The number of hydrogen-bond donors (Lipinski definition) is 1. The van der Waals surface area contributed by atoms with E-state index in [2.05, 4.69) is 19.9 Å². The standard InChI is InChI=1S/C11H12N6/c1-7(2)10-8(13-3)6-17(16-10)11-14-5-4-9(12)15-11/h4-7H,1-2H3,(H2,12,14,15). The summed E-state index contributed by atoms with van der Waals surface area (Å²) in [6, 6.07) is 1.60. The van der Waals surface area contributed by atoms with E-state index in [1.165, 1.54) is 4.68 Å². The van der Waals surface area contributed by atoms with Crippen LogP contribution in [0.15, 0.2) is 18.5 Å². The van der Waals surface area contributed by atoms with Gasteiger partial charge in [0.2, 0.25) is 5.69 Å². The van der Waals surface area contributed by atoms with Crippen LogP contribution in [-0.4, -0.2) is 19.7 Å². The van der Waals surface area contributed by atoms with Gasteiger partial charge in [-0.2, -0.15) is 10.1 Å². The third-order valence-electron chi connectivity index (χ3n) is 2.26. The van der Waals surface area contributed by atoms with Crippen molar-refractivity contribution in [2.45, 2.75) is 19.8 Å². The van der Waals surface area contributed by atoms with Gasteiger partial charge in [-0.15, -0.1) is 0 Å². The summed E-state index contributed by atoms with van der Waals surface area (Å²) in [6.45, 7) is 11.1. The van der Waals surface area contributed by atoms with Crippen molar-refractivity contribution in [3.63, 3.8) is 0 Å².